The highest BCUT2D eigenvalue weighted by molar-refractivity contribution is 7.89. The number of hydrogen-bond donors (Lipinski definition) is 1. The molecule has 0 amide bonds. The van der Waals surface area contributed by atoms with E-state index in [1.165, 1.54) is 30.5 Å². The summed E-state index contributed by atoms with van der Waals surface area (Å²) in [5.74, 6) is 1.20. The summed E-state index contributed by atoms with van der Waals surface area (Å²) in [6, 6.07) is 13.2. The SMILES string of the molecule is CN(C)S(=O)(=O)c1ccc(Oc2ccc(N)cc2)cc1. The molecule has 0 saturated heterocycles. The van der Waals surface area contributed by atoms with Crippen molar-refractivity contribution in [3.05, 3.63) is 48.5 Å². The molecule has 5 nitrogen and oxygen atoms in total. The molecule has 0 aliphatic heterocycles. The molecule has 2 N–H and O–H groups in total. The molecular weight excluding hydrogens is 276 g/mol. The Morgan fingerprint density at radius 2 is 1.35 bits per heavy atom. The average molecular weight is 292 g/mol. The molecule has 0 aromatic heterocycles. The Morgan fingerprint density at radius 3 is 1.80 bits per heavy atom. The summed E-state index contributed by atoms with van der Waals surface area (Å²) in [7, 11) is -0.423. The Morgan fingerprint density at radius 1 is 0.900 bits per heavy atom. The van der Waals surface area contributed by atoms with Gasteiger partial charge in [-0.3, -0.25) is 0 Å². The first kappa shape index (κ1) is 14.4. The van der Waals surface area contributed by atoms with Gasteiger partial charge in [0.1, 0.15) is 11.5 Å². The number of nitrogens with zero attached hydrogens (tertiary/aromatic N) is 1. The van der Waals surface area contributed by atoms with Gasteiger partial charge in [-0.1, -0.05) is 0 Å². The molecule has 0 spiro atoms. The third-order valence-electron chi connectivity index (χ3n) is 2.72. The van der Waals surface area contributed by atoms with Crippen LogP contribution < -0.4 is 10.5 Å². The number of nitrogen functional groups attached to an aromatic ring is 1. The zero-order valence-corrected chi connectivity index (χ0v) is 12.1. The smallest absolute Gasteiger partial charge is 0.242 e. The third kappa shape index (κ3) is 3.09. The highest BCUT2D eigenvalue weighted by Crippen LogP contribution is 2.24. The predicted octanol–water partition coefficient (Wildman–Crippen LogP) is 2.31. The molecule has 0 bridgehead atoms. The molecule has 0 atom stereocenters. The highest BCUT2D eigenvalue weighted by atomic mass is 32.2. The lowest BCUT2D eigenvalue weighted by atomic mass is 10.3. The fourth-order valence-corrected chi connectivity index (χ4v) is 2.46. The summed E-state index contributed by atoms with van der Waals surface area (Å²) in [4.78, 5) is 0.229. The summed E-state index contributed by atoms with van der Waals surface area (Å²) in [6.07, 6.45) is 0. The van der Waals surface area contributed by atoms with Gasteiger partial charge >= 0.3 is 0 Å². The second-order valence-electron chi connectivity index (χ2n) is 4.43. The molecule has 0 heterocycles. The summed E-state index contributed by atoms with van der Waals surface area (Å²) in [5.41, 5.74) is 6.25. The summed E-state index contributed by atoms with van der Waals surface area (Å²) >= 11 is 0. The summed E-state index contributed by atoms with van der Waals surface area (Å²) in [5, 5.41) is 0. The lowest BCUT2D eigenvalue weighted by Gasteiger charge is -2.12. The third-order valence-corrected chi connectivity index (χ3v) is 4.55. The van der Waals surface area contributed by atoms with Gasteiger partial charge in [0.25, 0.3) is 0 Å². The van der Waals surface area contributed by atoms with Crippen molar-refractivity contribution in [2.45, 2.75) is 4.90 Å². The fourth-order valence-electron chi connectivity index (χ4n) is 1.56. The van der Waals surface area contributed by atoms with Gasteiger partial charge in [0, 0.05) is 19.8 Å². The molecule has 6 heteroatoms. The normalized spacial score (nSPS) is 11.6. The number of ether oxygens (including phenoxy) is 1. The molecule has 0 aliphatic rings. The van der Waals surface area contributed by atoms with E-state index in [1.54, 1.807) is 36.4 Å². The van der Waals surface area contributed by atoms with Gasteiger partial charge < -0.3 is 10.5 Å². The van der Waals surface area contributed by atoms with Crippen molar-refractivity contribution >= 4 is 15.7 Å². The number of hydrogen-bond acceptors (Lipinski definition) is 4. The van der Waals surface area contributed by atoms with Crippen LogP contribution in [0, 0.1) is 0 Å². The van der Waals surface area contributed by atoms with Crippen molar-refractivity contribution in [1.29, 1.82) is 0 Å². The van der Waals surface area contributed by atoms with Gasteiger partial charge in [0.15, 0.2) is 0 Å². The minimum Gasteiger partial charge on any atom is -0.457 e. The van der Waals surface area contributed by atoms with Gasteiger partial charge in [-0.05, 0) is 48.5 Å². The molecule has 2 aromatic carbocycles. The first-order valence-electron chi connectivity index (χ1n) is 5.95. The first-order valence-corrected chi connectivity index (χ1v) is 7.39. The largest absolute Gasteiger partial charge is 0.457 e. The van der Waals surface area contributed by atoms with E-state index >= 15 is 0 Å². The van der Waals surface area contributed by atoms with Crippen molar-refractivity contribution in [2.24, 2.45) is 0 Å². The maximum Gasteiger partial charge on any atom is 0.242 e. The maximum atomic E-state index is 11.9. The van der Waals surface area contributed by atoms with Crippen molar-refractivity contribution < 1.29 is 13.2 Å². The summed E-state index contributed by atoms with van der Waals surface area (Å²) in [6.45, 7) is 0. The zero-order chi connectivity index (χ0) is 14.8. The van der Waals surface area contributed by atoms with Gasteiger partial charge in [0.05, 0.1) is 4.90 Å². The molecule has 0 aliphatic carbocycles. The quantitative estimate of drug-likeness (QED) is 0.878. The van der Waals surface area contributed by atoms with Crippen molar-refractivity contribution in [3.8, 4) is 11.5 Å². The van der Waals surface area contributed by atoms with E-state index in [2.05, 4.69) is 0 Å². The molecule has 2 rings (SSSR count). The maximum absolute atomic E-state index is 11.9. The lowest BCUT2D eigenvalue weighted by Crippen LogP contribution is -2.22. The van der Waals surface area contributed by atoms with Gasteiger partial charge in [-0.25, -0.2) is 12.7 Å². The average Bonchev–Trinajstić information content (AvgIpc) is 2.42. The van der Waals surface area contributed by atoms with E-state index in [4.69, 9.17) is 10.5 Å². The Hall–Kier alpha value is -2.05. The number of rotatable bonds is 4. The molecule has 0 saturated carbocycles. The molecule has 2 aromatic rings. The highest BCUT2D eigenvalue weighted by Gasteiger charge is 2.16. The van der Waals surface area contributed by atoms with Crippen molar-refractivity contribution in [3.63, 3.8) is 0 Å². The van der Waals surface area contributed by atoms with Gasteiger partial charge in [-0.15, -0.1) is 0 Å². The van der Waals surface area contributed by atoms with Crippen molar-refractivity contribution in [1.82, 2.24) is 4.31 Å². The van der Waals surface area contributed by atoms with Crippen LogP contribution in [0.3, 0.4) is 0 Å². The van der Waals surface area contributed by atoms with Crippen LogP contribution in [-0.2, 0) is 10.0 Å². The van der Waals surface area contributed by atoms with E-state index in [9.17, 15) is 8.42 Å². The standard InChI is InChI=1S/C14H16N2O3S/c1-16(2)20(17,18)14-9-7-13(8-10-14)19-12-5-3-11(15)4-6-12/h3-10H,15H2,1-2H3. The Bertz CT molecular complexity index is 677. The molecule has 0 fully saturated rings. The zero-order valence-electron chi connectivity index (χ0n) is 11.3. The van der Waals surface area contributed by atoms with Gasteiger partial charge in [-0.2, -0.15) is 0 Å². The lowest BCUT2D eigenvalue weighted by molar-refractivity contribution is 0.482. The Kier molecular flexibility index (Phi) is 3.96. The van der Waals surface area contributed by atoms with E-state index < -0.39 is 10.0 Å². The summed E-state index contributed by atoms with van der Waals surface area (Å²) < 4.78 is 30.6. The van der Waals surface area contributed by atoms with Crippen LogP contribution in [0.1, 0.15) is 0 Å². The van der Waals surface area contributed by atoms with Crippen LogP contribution in [0.2, 0.25) is 0 Å². The van der Waals surface area contributed by atoms with E-state index in [0.717, 1.165) is 0 Å². The monoisotopic (exact) mass is 292 g/mol. The fraction of sp³-hybridized carbons (Fsp3) is 0.143. The second kappa shape index (κ2) is 5.52. The molecular formula is C14H16N2O3S. The first-order chi connectivity index (χ1) is 9.39. The second-order valence-corrected chi connectivity index (χ2v) is 6.58. The predicted molar refractivity (Wildman–Crippen MR) is 78.2 cm³/mol. The van der Waals surface area contributed by atoms with E-state index in [-0.39, 0.29) is 4.90 Å². The molecule has 20 heavy (non-hydrogen) atoms. The van der Waals surface area contributed by atoms with E-state index in [1.807, 2.05) is 0 Å². The topological polar surface area (TPSA) is 72.6 Å². The number of anilines is 1. The Labute approximate surface area is 118 Å². The Balaban J connectivity index is 2.19. The minimum atomic E-state index is -3.41. The van der Waals surface area contributed by atoms with E-state index in [0.29, 0.717) is 17.2 Å². The van der Waals surface area contributed by atoms with Crippen LogP contribution in [0.4, 0.5) is 5.69 Å². The van der Waals surface area contributed by atoms with Crippen molar-refractivity contribution in [2.75, 3.05) is 19.8 Å². The number of sulfonamides is 1. The number of benzene rings is 2. The number of nitrogens with two attached hydrogens (primary N) is 1. The molecule has 106 valence electrons. The van der Waals surface area contributed by atoms with Gasteiger partial charge in [0.2, 0.25) is 10.0 Å². The van der Waals surface area contributed by atoms with Crippen LogP contribution in [-0.4, -0.2) is 26.8 Å². The molecule has 0 radical (unpaired) electrons. The molecule has 0 unspecified atom stereocenters. The minimum absolute atomic E-state index is 0.229. The van der Waals surface area contributed by atoms with Crippen LogP contribution in [0.25, 0.3) is 0 Å². The van der Waals surface area contributed by atoms with Crippen LogP contribution >= 0.6 is 0 Å². The van der Waals surface area contributed by atoms with Crippen LogP contribution in [0.15, 0.2) is 53.4 Å². The van der Waals surface area contributed by atoms with Crippen LogP contribution in [0.5, 0.6) is 11.5 Å².